The number of hydrogen-bond donors (Lipinski definition) is 0. The molecule has 0 heterocycles. The Bertz CT molecular complexity index is 204. The van der Waals surface area contributed by atoms with Crippen LogP contribution in [0, 0.1) is 0 Å². The van der Waals surface area contributed by atoms with Crippen molar-refractivity contribution >= 4 is 0 Å². The quantitative estimate of drug-likeness (QED) is 0.461. The first-order chi connectivity index (χ1) is 5.31. The summed E-state index contributed by atoms with van der Waals surface area (Å²) in [6, 6.07) is 0. The lowest BCUT2D eigenvalue weighted by atomic mass is 10.2. The zero-order valence-electron chi connectivity index (χ0n) is 8.48. The molecular formula is C11H18O. The minimum atomic E-state index is -0.170. The molecule has 0 aromatic heterocycles. The third-order valence-electron chi connectivity index (χ3n) is 0.991. The van der Waals surface area contributed by atoms with Crippen LogP contribution < -0.4 is 0 Å². The molecular weight excluding hydrogens is 148 g/mol. The zero-order valence-corrected chi connectivity index (χ0v) is 8.48. The first-order valence-electron chi connectivity index (χ1n) is 4.03. The van der Waals surface area contributed by atoms with Crippen molar-refractivity contribution in [3.63, 3.8) is 0 Å². The van der Waals surface area contributed by atoms with E-state index in [1.165, 1.54) is 0 Å². The SMILES string of the molecule is C=C(C)/C=C\C(=C)OC(C)(C)C. The molecule has 0 saturated carbocycles. The molecule has 1 heteroatoms. The molecule has 0 atom stereocenters. The van der Waals surface area contributed by atoms with Gasteiger partial charge in [-0.25, -0.2) is 0 Å². The van der Waals surface area contributed by atoms with Gasteiger partial charge in [-0.3, -0.25) is 0 Å². The monoisotopic (exact) mass is 166 g/mol. The minimum absolute atomic E-state index is 0.170. The molecule has 0 amide bonds. The van der Waals surface area contributed by atoms with Gasteiger partial charge in [-0.2, -0.15) is 0 Å². The van der Waals surface area contributed by atoms with Crippen molar-refractivity contribution in [1.82, 2.24) is 0 Å². The van der Waals surface area contributed by atoms with Gasteiger partial charge in [-0.05, 0) is 33.8 Å². The molecule has 1 nitrogen and oxygen atoms in total. The van der Waals surface area contributed by atoms with Crippen molar-refractivity contribution in [2.75, 3.05) is 0 Å². The van der Waals surface area contributed by atoms with Crippen molar-refractivity contribution in [3.8, 4) is 0 Å². The third kappa shape index (κ3) is 7.13. The molecule has 0 aromatic carbocycles. The molecule has 68 valence electrons. The predicted molar refractivity (Wildman–Crippen MR) is 53.9 cm³/mol. The van der Waals surface area contributed by atoms with Crippen LogP contribution in [-0.2, 0) is 4.74 Å². The molecule has 0 aliphatic rings. The van der Waals surface area contributed by atoms with E-state index in [2.05, 4.69) is 13.2 Å². The first kappa shape index (κ1) is 11.0. The molecule has 0 spiro atoms. The number of ether oxygens (including phenoxy) is 1. The average molecular weight is 166 g/mol. The molecule has 0 bridgehead atoms. The van der Waals surface area contributed by atoms with Crippen LogP contribution in [0.1, 0.15) is 27.7 Å². The molecule has 0 aliphatic heterocycles. The van der Waals surface area contributed by atoms with Gasteiger partial charge in [0.25, 0.3) is 0 Å². The van der Waals surface area contributed by atoms with E-state index >= 15 is 0 Å². The standard InChI is InChI=1S/C11H18O/c1-9(2)7-8-10(3)12-11(4,5)6/h7-8H,1,3H2,2,4-6H3/b8-7-. The summed E-state index contributed by atoms with van der Waals surface area (Å²) in [5, 5.41) is 0. The second-order valence-corrected chi connectivity index (χ2v) is 3.86. The van der Waals surface area contributed by atoms with Crippen LogP contribution in [-0.4, -0.2) is 5.60 Å². The zero-order chi connectivity index (χ0) is 9.78. The van der Waals surface area contributed by atoms with Gasteiger partial charge in [0.15, 0.2) is 0 Å². The van der Waals surface area contributed by atoms with Gasteiger partial charge in [-0.15, -0.1) is 0 Å². The van der Waals surface area contributed by atoms with Crippen LogP contribution in [0.4, 0.5) is 0 Å². The fourth-order valence-electron chi connectivity index (χ4n) is 0.663. The molecule has 0 aliphatic carbocycles. The van der Waals surface area contributed by atoms with E-state index in [1.807, 2.05) is 39.8 Å². The van der Waals surface area contributed by atoms with Crippen LogP contribution in [0.3, 0.4) is 0 Å². The van der Waals surface area contributed by atoms with E-state index in [0.29, 0.717) is 5.76 Å². The van der Waals surface area contributed by atoms with Crippen LogP contribution in [0.15, 0.2) is 36.6 Å². The van der Waals surface area contributed by atoms with Gasteiger partial charge in [0, 0.05) is 0 Å². The number of allylic oxidation sites excluding steroid dienone is 3. The van der Waals surface area contributed by atoms with E-state index in [0.717, 1.165) is 5.57 Å². The van der Waals surface area contributed by atoms with Crippen molar-refractivity contribution in [2.24, 2.45) is 0 Å². The maximum absolute atomic E-state index is 5.47. The summed E-state index contributed by atoms with van der Waals surface area (Å²) in [6.07, 6.45) is 3.71. The van der Waals surface area contributed by atoms with Crippen molar-refractivity contribution in [1.29, 1.82) is 0 Å². The second kappa shape index (κ2) is 4.15. The summed E-state index contributed by atoms with van der Waals surface area (Å²) in [7, 11) is 0. The van der Waals surface area contributed by atoms with Crippen LogP contribution in [0.5, 0.6) is 0 Å². The van der Waals surface area contributed by atoms with Crippen molar-refractivity contribution in [2.45, 2.75) is 33.3 Å². The van der Waals surface area contributed by atoms with Gasteiger partial charge in [-0.1, -0.05) is 24.8 Å². The fourth-order valence-corrected chi connectivity index (χ4v) is 0.663. The van der Waals surface area contributed by atoms with Crippen LogP contribution in [0.2, 0.25) is 0 Å². The maximum Gasteiger partial charge on any atom is 0.112 e. The lowest BCUT2D eigenvalue weighted by molar-refractivity contribution is 0.0609. The number of rotatable bonds is 3. The fraction of sp³-hybridized carbons (Fsp3) is 0.455. The van der Waals surface area contributed by atoms with E-state index in [-0.39, 0.29) is 5.60 Å². The van der Waals surface area contributed by atoms with Crippen molar-refractivity contribution in [3.05, 3.63) is 36.6 Å². The summed E-state index contributed by atoms with van der Waals surface area (Å²) in [5.41, 5.74) is 0.824. The molecule has 12 heavy (non-hydrogen) atoms. The molecule has 0 saturated heterocycles. The van der Waals surface area contributed by atoms with Gasteiger partial charge < -0.3 is 4.74 Å². The largest absolute Gasteiger partial charge is 0.489 e. The highest BCUT2D eigenvalue weighted by atomic mass is 16.5. The van der Waals surface area contributed by atoms with E-state index in [1.54, 1.807) is 0 Å². The minimum Gasteiger partial charge on any atom is -0.489 e. The Hall–Kier alpha value is -0.980. The molecule has 0 N–H and O–H groups in total. The normalized spacial score (nSPS) is 11.7. The molecule has 0 fully saturated rings. The molecule has 0 aromatic rings. The Balaban J connectivity index is 3.99. The van der Waals surface area contributed by atoms with E-state index in [9.17, 15) is 0 Å². The Labute approximate surface area is 75.4 Å². The molecule has 0 radical (unpaired) electrons. The van der Waals surface area contributed by atoms with Gasteiger partial charge >= 0.3 is 0 Å². The van der Waals surface area contributed by atoms with E-state index < -0.39 is 0 Å². The predicted octanol–water partition coefficient (Wildman–Crippen LogP) is 3.45. The Morgan fingerprint density at radius 2 is 1.67 bits per heavy atom. The smallest absolute Gasteiger partial charge is 0.112 e. The summed E-state index contributed by atoms with van der Waals surface area (Å²) >= 11 is 0. The van der Waals surface area contributed by atoms with Gasteiger partial charge in [0.2, 0.25) is 0 Å². The second-order valence-electron chi connectivity index (χ2n) is 3.86. The number of hydrogen-bond acceptors (Lipinski definition) is 1. The van der Waals surface area contributed by atoms with Gasteiger partial charge in [0.1, 0.15) is 11.4 Å². The van der Waals surface area contributed by atoms with E-state index in [4.69, 9.17) is 4.74 Å². The average Bonchev–Trinajstić information content (AvgIpc) is 1.79. The lowest BCUT2D eigenvalue weighted by Gasteiger charge is -2.21. The van der Waals surface area contributed by atoms with Gasteiger partial charge in [0.05, 0.1) is 0 Å². The lowest BCUT2D eigenvalue weighted by Crippen LogP contribution is -2.17. The maximum atomic E-state index is 5.47. The van der Waals surface area contributed by atoms with Crippen molar-refractivity contribution < 1.29 is 4.74 Å². The van der Waals surface area contributed by atoms with Crippen LogP contribution in [0.25, 0.3) is 0 Å². The Morgan fingerprint density at radius 1 is 1.17 bits per heavy atom. The Morgan fingerprint density at radius 3 is 2.00 bits per heavy atom. The topological polar surface area (TPSA) is 9.23 Å². The summed E-state index contributed by atoms with van der Waals surface area (Å²) in [6.45, 7) is 15.4. The summed E-state index contributed by atoms with van der Waals surface area (Å²) in [4.78, 5) is 0. The molecule has 0 unspecified atom stereocenters. The molecule has 0 rings (SSSR count). The highest BCUT2D eigenvalue weighted by Gasteiger charge is 2.10. The highest BCUT2D eigenvalue weighted by Crippen LogP contribution is 2.13. The summed E-state index contributed by atoms with van der Waals surface area (Å²) < 4.78 is 5.47. The summed E-state index contributed by atoms with van der Waals surface area (Å²) in [5.74, 6) is 0.672. The highest BCUT2D eigenvalue weighted by molar-refractivity contribution is 5.19. The first-order valence-corrected chi connectivity index (χ1v) is 4.03. The Kier molecular flexibility index (Phi) is 3.81. The van der Waals surface area contributed by atoms with Crippen LogP contribution >= 0.6 is 0 Å². The third-order valence-corrected chi connectivity index (χ3v) is 0.991.